The number of nitrogens with zero attached hydrogens (tertiary/aromatic N) is 4. The van der Waals surface area contributed by atoms with Gasteiger partial charge in [0.25, 0.3) is 0 Å². The van der Waals surface area contributed by atoms with Gasteiger partial charge in [-0.05, 0) is 35.4 Å². The summed E-state index contributed by atoms with van der Waals surface area (Å²) in [5.74, 6) is -0.187. The molecule has 0 saturated carbocycles. The maximum absolute atomic E-state index is 12.6. The summed E-state index contributed by atoms with van der Waals surface area (Å²) in [6.45, 7) is 3.91. The number of amides is 2. The van der Waals surface area contributed by atoms with Crippen molar-refractivity contribution in [2.24, 2.45) is 7.05 Å². The molecular formula is C17H20N6O3S. The number of aromatic nitrogens is 4. The van der Waals surface area contributed by atoms with Crippen LogP contribution in [0.15, 0.2) is 34.6 Å². The Morgan fingerprint density at radius 3 is 2.81 bits per heavy atom. The monoisotopic (exact) mass is 388 g/mol. The van der Waals surface area contributed by atoms with Crippen molar-refractivity contribution in [2.45, 2.75) is 25.0 Å². The number of thioether (sulfide) groups is 1. The van der Waals surface area contributed by atoms with Crippen LogP contribution in [-0.4, -0.2) is 45.1 Å². The van der Waals surface area contributed by atoms with Crippen molar-refractivity contribution in [1.29, 1.82) is 0 Å². The Morgan fingerprint density at radius 1 is 1.37 bits per heavy atom. The summed E-state index contributed by atoms with van der Waals surface area (Å²) < 4.78 is 6.52. The van der Waals surface area contributed by atoms with Gasteiger partial charge in [0.2, 0.25) is 5.16 Å². The molecule has 0 fully saturated rings. The molecule has 27 heavy (non-hydrogen) atoms. The Hall–Kier alpha value is -2.88. The fourth-order valence-electron chi connectivity index (χ4n) is 2.87. The smallest absolute Gasteiger partial charge is 0.338 e. The number of benzene rings is 1. The van der Waals surface area contributed by atoms with Gasteiger partial charge in [-0.3, -0.25) is 0 Å². The predicted molar refractivity (Wildman–Crippen MR) is 98.9 cm³/mol. The standard InChI is InChI=1S/C17H20N6O3S/c1-9-5-6-10(2)11(7-9)14-13(15(24)26-4)12(18-16(25)19-14)8-27-17-20-21-22-23(17)3/h5-7,14H,8H2,1-4H3,(H2,18,19,25)/t14-/m0/s1. The van der Waals surface area contributed by atoms with E-state index in [1.54, 1.807) is 7.05 Å². The zero-order chi connectivity index (χ0) is 19.6. The number of carbonyl (C=O) groups excluding carboxylic acids is 2. The van der Waals surface area contributed by atoms with Crippen LogP contribution in [0.3, 0.4) is 0 Å². The molecule has 1 aromatic carbocycles. The van der Waals surface area contributed by atoms with Gasteiger partial charge in [0.1, 0.15) is 0 Å². The first-order valence-corrected chi connectivity index (χ1v) is 9.20. The van der Waals surface area contributed by atoms with Crippen LogP contribution in [0.1, 0.15) is 22.7 Å². The van der Waals surface area contributed by atoms with E-state index in [9.17, 15) is 9.59 Å². The third kappa shape index (κ3) is 3.95. The van der Waals surface area contributed by atoms with Crippen molar-refractivity contribution in [3.8, 4) is 0 Å². The number of carbonyl (C=O) groups is 2. The van der Waals surface area contributed by atoms with Crippen LogP contribution in [0.4, 0.5) is 4.79 Å². The lowest BCUT2D eigenvalue weighted by molar-refractivity contribution is -0.136. The highest BCUT2D eigenvalue weighted by molar-refractivity contribution is 7.99. The van der Waals surface area contributed by atoms with Crippen molar-refractivity contribution in [3.05, 3.63) is 46.2 Å². The van der Waals surface area contributed by atoms with Crippen LogP contribution < -0.4 is 10.6 Å². The maximum Gasteiger partial charge on any atom is 0.338 e. The quantitative estimate of drug-likeness (QED) is 0.588. The molecule has 2 N–H and O–H groups in total. The fourth-order valence-corrected chi connectivity index (χ4v) is 3.69. The van der Waals surface area contributed by atoms with Gasteiger partial charge in [0.05, 0.1) is 18.7 Å². The van der Waals surface area contributed by atoms with Crippen LogP contribution in [0.25, 0.3) is 0 Å². The molecule has 0 unspecified atom stereocenters. The number of urea groups is 1. The van der Waals surface area contributed by atoms with Gasteiger partial charge in [-0.25, -0.2) is 14.3 Å². The Bertz CT molecular complexity index is 923. The topological polar surface area (TPSA) is 111 Å². The molecule has 0 aliphatic carbocycles. The SMILES string of the molecule is COC(=O)C1=C(CSc2nnnn2C)NC(=O)N[C@H]1c1cc(C)ccc1C. The Balaban J connectivity index is 2.03. The number of methoxy groups -OCH3 is 1. The van der Waals surface area contributed by atoms with Crippen LogP contribution >= 0.6 is 11.8 Å². The Kier molecular flexibility index (Phi) is 5.45. The van der Waals surface area contributed by atoms with Gasteiger partial charge in [0, 0.05) is 18.5 Å². The normalized spacial score (nSPS) is 16.7. The van der Waals surface area contributed by atoms with Crippen LogP contribution in [0.5, 0.6) is 0 Å². The molecule has 3 rings (SSSR count). The highest BCUT2D eigenvalue weighted by Gasteiger charge is 2.34. The average molecular weight is 388 g/mol. The maximum atomic E-state index is 12.6. The lowest BCUT2D eigenvalue weighted by Gasteiger charge is -2.30. The van der Waals surface area contributed by atoms with E-state index in [4.69, 9.17) is 4.74 Å². The number of ether oxygens (including phenoxy) is 1. The van der Waals surface area contributed by atoms with Crippen molar-refractivity contribution in [2.75, 3.05) is 12.9 Å². The van der Waals surface area contributed by atoms with E-state index in [-0.39, 0.29) is 6.03 Å². The minimum Gasteiger partial charge on any atom is -0.466 e. The van der Waals surface area contributed by atoms with Gasteiger partial charge in [-0.15, -0.1) is 5.10 Å². The average Bonchev–Trinajstić information content (AvgIpc) is 3.05. The number of tetrazole rings is 1. The molecule has 2 amide bonds. The van der Waals surface area contributed by atoms with Gasteiger partial charge in [-0.1, -0.05) is 35.5 Å². The second kappa shape index (κ2) is 7.78. The van der Waals surface area contributed by atoms with Crippen LogP contribution in [-0.2, 0) is 16.6 Å². The highest BCUT2D eigenvalue weighted by atomic mass is 32.2. The molecule has 0 saturated heterocycles. The molecule has 1 aliphatic rings. The third-order valence-corrected chi connectivity index (χ3v) is 5.27. The molecule has 1 atom stereocenters. The number of rotatable bonds is 5. The summed E-state index contributed by atoms with van der Waals surface area (Å²) in [4.78, 5) is 24.8. The summed E-state index contributed by atoms with van der Waals surface area (Å²) >= 11 is 1.32. The summed E-state index contributed by atoms with van der Waals surface area (Å²) in [5.41, 5.74) is 3.71. The van der Waals surface area contributed by atoms with Crippen molar-refractivity contribution >= 4 is 23.8 Å². The summed E-state index contributed by atoms with van der Waals surface area (Å²) in [5, 5.41) is 17.4. The highest BCUT2D eigenvalue weighted by Crippen LogP contribution is 2.32. The lowest BCUT2D eigenvalue weighted by atomic mass is 9.91. The Morgan fingerprint density at radius 2 is 2.15 bits per heavy atom. The number of nitrogens with one attached hydrogen (secondary N) is 2. The molecule has 2 aromatic rings. The van der Waals surface area contributed by atoms with Gasteiger partial charge >= 0.3 is 12.0 Å². The molecule has 0 spiro atoms. The van der Waals surface area contributed by atoms with E-state index in [1.807, 2.05) is 32.0 Å². The minimum atomic E-state index is -0.598. The molecule has 9 nitrogen and oxygen atoms in total. The molecular weight excluding hydrogens is 368 g/mol. The van der Waals surface area contributed by atoms with Crippen molar-refractivity contribution < 1.29 is 14.3 Å². The van der Waals surface area contributed by atoms with E-state index < -0.39 is 12.0 Å². The van der Waals surface area contributed by atoms with E-state index in [1.165, 1.54) is 23.6 Å². The van der Waals surface area contributed by atoms with E-state index in [0.29, 0.717) is 22.2 Å². The first kappa shape index (κ1) is 18.9. The molecule has 1 aliphatic heterocycles. The van der Waals surface area contributed by atoms with Gasteiger partial charge < -0.3 is 15.4 Å². The number of hydrogen-bond acceptors (Lipinski definition) is 7. The molecule has 10 heteroatoms. The largest absolute Gasteiger partial charge is 0.466 e. The number of hydrogen-bond donors (Lipinski definition) is 2. The van der Waals surface area contributed by atoms with Gasteiger partial charge in [-0.2, -0.15) is 0 Å². The summed E-state index contributed by atoms with van der Waals surface area (Å²) in [6, 6.07) is 4.94. The zero-order valence-corrected chi connectivity index (χ0v) is 16.3. The molecule has 2 heterocycles. The van der Waals surface area contributed by atoms with Crippen LogP contribution in [0.2, 0.25) is 0 Å². The second-order valence-electron chi connectivity index (χ2n) is 6.15. The first-order valence-electron chi connectivity index (χ1n) is 8.22. The van der Waals surface area contributed by atoms with E-state index in [2.05, 4.69) is 26.2 Å². The first-order chi connectivity index (χ1) is 12.9. The summed E-state index contributed by atoms with van der Waals surface area (Å²) in [6.07, 6.45) is 0. The minimum absolute atomic E-state index is 0.313. The predicted octanol–water partition coefficient (Wildman–Crippen LogP) is 1.40. The Labute approximate surface area is 160 Å². The molecule has 1 aromatic heterocycles. The molecule has 142 valence electrons. The number of aryl methyl sites for hydroxylation is 3. The van der Waals surface area contributed by atoms with Gasteiger partial charge in [0.15, 0.2) is 0 Å². The third-order valence-electron chi connectivity index (χ3n) is 4.23. The van der Waals surface area contributed by atoms with Crippen molar-refractivity contribution in [1.82, 2.24) is 30.8 Å². The van der Waals surface area contributed by atoms with E-state index in [0.717, 1.165) is 16.7 Å². The lowest BCUT2D eigenvalue weighted by Crippen LogP contribution is -2.46. The summed E-state index contributed by atoms with van der Waals surface area (Å²) in [7, 11) is 3.04. The zero-order valence-electron chi connectivity index (χ0n) is 15.4. The number of esters is 1. The molecule has 0 radical (unpaired) electrons. The van der Waals surface area contributed by atoms with Crippen LogP contribution in [0, 0.1) is 13.8 Å². The molecule has 0 bridgehead atoms. The van der Waals surface area contributed by atoms with Crippen molar-refractivity contribution in [3.63, 3.8) is 0 Å². The second-order valence-corrected chi connectivity index (χ2v) is 7.09. The fraction of sp³-hybridized carbons (Fsp3) is 0.353. The van der Waals surface area contributed by atoms with E-state index >= 15 is 0 Å².